The highest BCUT2D eigenvalue weighted by atomic mass is 35.5. The first-order valence-electron chi connectivity index (χ1n) is 6.24. The van der Waals surface area contributed by atoms with Crippen LogP contribution in [-0.4, -0.2) is 23.2 Å². The van der Waals surface area contributed by atoms with Crippen molar-refractivity contribution in [2.24, 2.45) is 0 Å². The van der Waals surface area contributed by atoms with E-state index < -0.39 is 5.82 Å². The van der Waals surface area contributed by atoms with Crippen molar-refractivity contribution in [1.82, 2.24) is 15.5 Å². The van der Waals surface area contributed by atoms with Crippen LogP contribution in [0.1, 0.15) is 24.6 Å². The lowest BCUT2D eigenvalue weighted by Crippen LogP contribution is -2.27. The average molecular weight is 282 g/mol. The minimum Gasteiger partial charge on any atom is -0.334 e. The summed E-state index contributed by atoms with van der Waals surface area (Å²) in [6.07, 6.45) is 2.01. The molecular weight excluding hydrogens is 269 g/mol. The van der Waals surface area contributed by atoms with Crippen LogP contribution in [0.4, 0.5) is 4.39 Å². The topological polar surface area (TPSA) is 51.0 Å². The zero-order chi connectivity index (χ0) is 13.2. The van der Waals surface area contributed by atoms with E-state index in [4.69, 9.17) is 16.1 Å². The third-order valence-corrected chi connectivity index (χ3v) is 3.60. The molecule has 1 N–H and O–H groups in total. The molecule has 3 rings (SSSR count). The number of hydrogen-bond acceptors (Lipinski definition) is 4. The predicted octanol–water partition coefficient (Wildman–Crippen LogP) is 3.00. The number of nitrogens with one attached hydrogen (secondary N) is 1. The molecule has 1 saturated heterocycles. The van der Waals surface area contributed by atoms with Gasteiger partial charge in [-0.2, -0.15) is 4.98 Å². The van der Waals surface area contributed by atoms with Gasteiger partial charge < -0.3 is 9.84 Å². The van der Waals surface area contributed by atoms with Crippen molar-refractivity contribution in [1.29, 1.82) is 0 Å². The zero-order valence-corrected chi connectivity index (χ0v) is 11.0. The summed E-state index contributed by atoms with van der Waals surface area (Å²) in [5.41, 5.74) is 0.638. The molecule has 1 aliphatic heterocycles. The van der Waals surface area contributed by atoms with Gasteiger partial charge in [-0.25, -0.2) is 4.39 Å². The SMILES string of the molecule is Fc1ccc(-c2nc(C3CCNCC3)no2)cc1Cl. The van der Waals surface area contributed by atoms with Gasteiger partial charge >= 0.3 is 0 Å². The van der Waals surface area contributed by atoms with E-state index in [0.29, 0.717) is 17.4 Å². The van der Waals surface area contributed by atoms with Crippen molar-refractivity contribution in [3.05, 3.63) is 34.9 Å². The summed E-state index contributed by atoms with van der Waals surface area (Å²) < 4.78 is 18.3. The summed E-state index contributed by atoms with van der Waals surface area (Å²) in [4.78, 5) is 4.39. The van der Waals surface area contributed by atoms with Gasteiger partial charge in [0, 0.05) is 11.5 Å². The molecule has 0 atom stereocenters. The molecule has 6 heteroatoms. The standard InChI is InChI=1S/C13H13ClFN3O/c14-10-7-9(1-2-11(10)15)13-17-12(18-19-13)8-3-5-16-6-4-8/h1-2,7-8,16H,3-6H2. The minimum absolute atomic E-state index is 0.0547. The Labute approximate surface area is 115 Å². The molecule has 0 aliphatic carbocycles. The number of halogens is 2. The van der Waals surface area contributed by atoms with Crippen LogP contribution in [0.15, 0.2) is 22.7 Å². The second-order valence-electron chi connectivity index (χ2n) is 4.61. The molecule has 0 bridgehead atoms. The molecule has 1 aromatic carbocycles. The number of rotatable bonds is 2. The molecule has 0 amide bonds. The summed E-state index contributed by atoms with van der Waals surface area (Å²) >= 11 is 5.75. The van der Waals surface area contributed by atoms with E-state index in [0.717, 1.165) is 31.8 Å². The highest BCUT2D eigenvalue weighted by Crippen LogP contribution is 2.27. The van der Waals surface area contributed by atoms with E-state index in [9.17, 15) is 4.39 Å². The second kappa shape index (κ2) is 5.27. The van der Waals surface area contributed by atoms with Crippen molar-refractivity contribution in [2.45, 2.75) is 18.8 Å². The zero-order valence-electron chi connectivity index (χ0n) is 10.2. The Morgan fingerprint density at radius 3 is 2.84 bits per heavy atom. The molecule has 4 nitrogen and oxygen atoms in total. The van der Waals surface area contributed by atoms with Gasteiger partial charge in [-0.05, 0) is 44.1 Å². The Morgan fingerprint density at radius 2 is 2.11 bits per heavy atom. The van der Waals surface area contributed by atoms with Crippen molar-refractivity contribution < 1.29 is 8.91 Å². The first-order chi connectivity index (χ1) is 9.24. The van der Waals surface area contributed by atoms with Crippen molar-refractivity contribution in [3.8, 4) is 11.5 Å². The fourth-order valence-corrected chi connectivity index (χ4v) is 2.41. The van der Waals surface area contributed by atoms with E-state index in [-0.39, 0.29) is 5.02 Å². The molecule has 0 radical (unpaired) electrons. The lowest BCUT2D eigenvalue weighted by Gasteiger charge is -2.18. The molecular formula is C13H13ClFN3O. The number of aromatic nitrogens is 2. The normalized spacial score (nSPS) is 16.7. The predicted molar refractivity (Wildman–Crippen MR) is 69.5 cm³/mol. The highest BCUT2D eigenvalue weighted by Gasteiger charge is 2.21. The maximum atomic E-state index is 13.1. The minimum atomic E-state index is -0.455. The Kier molecular flexibility index (Phi) is 3.48. The summed E-state index contributed by atoms with van der Waals surface area (Å²) in [5, 5.41) is 7.36. The number of nitrogens with zero attached hydrogens (tertiary/aromatic N) is 2. The number of benzene rings is 1. The van der Waals surface area contributed by atoms with Gasteiger partial charge in [-0.15, -0.1) is 0 Å². The molecule has 0 spiro atoms. The first-order valence-corrected chi connectivity index (χ1v) is 6.61. The Balaban J connectivity index is 1.85. The Hall–Kier alpha value is -1.46. The van der Waals surface area contributed by atoms with Gasteiger partial charge in [0.05, 0.1) is 5.02 Å². The fraction of sp³-hybridized carbons (Fsp3) is 0.385. The molecule has 0 unspecified atom stereocenters. The summed E-state index contributed by atoms with van der Waals surface area (Å²) in [6.45, 7) is 1.94. The van der Waals surface area contributed by atoms with Crippen LogP contribution < -0.4 is 5.32 Å². The molecule has 100 valence electrons. The second-order valence-corrected chi connectivity index (χ2v) is 5.02. The first kappa shape index (κ1) is 12.6. The summed E-state index contributed by atoms with van der Waals surface area (Å²) in [6, 6.07) is 4.38. The van der Waals surface area contributed by atoms with Crippen molar-refractivity contribution in [2.75, 3.05) is 13.1 Å². The quantitative estimate of drug-likeness (QED) is 0.919. The van der Waals surface area contributed by atoms with Gasteiger partial charge in [0.1, 0.15) is 5.82 Å². The maximum absolute atomic E-state index is 13.1. The van der Waals surface area contributed by atoms with Crippen molar-refractivity contribution in [3.63, 3.8) is 0 Å². The highest BCUT2D eigenvalue weighted by molar-refractivity contribution is 6.31. The van der Waals surface area contributed by atoms with Crippen LogP contribution >= 0.6 is 11.6 Å². The van der Waals surface area contributed by atoms with Crippen LogP contribution in [0.25, 0.3) is 11.5 Å². The molecule has 0 saturated carbocycles. The molecule has 19 heavy (non-hydrogen) atoms. The molecule has 2 heterocycles. The molecule has 2 aromatic rings. The lowest BCUT2D eigenvalue weighted by molar-refractivity contribution is 0.392. The Morgan fingerprint density at radius 1 is 1.32 bits per heavy atom. The Bertz CT molecular complexity index is 581. The van der Waals surface area contributed by atoms with Crippen LogP contribution in [0.3, 0.4) is 0 Å². The molecule has 1 aliphatic rings. The summed E-state index contributed by atoms with van der Waals surface area (Å²) in [7, 11) is 0. The maximum Gasteiger partial charge on any atom is 0.257 e. The molecule has 1 aromatic heterocycles. The van der Waals surface area contributed by atoms with Crippen LogP contribution in [0.2, 0.25) is 5.02 Å². The number of hydrogen-bond donors (Lipinski definition) is 1. The van der Waals surface area contributed by atoms with E-state index in [1.54, 1.807) is 6.07 Å². The fourth-order valence-electron chi connectivity index (χ4n) is 2.23. The van der Waals surface area contributed by atoms with Crippen LogP contribution in [0, 0.1) is 5.82 Å². The van der Waals surface area contributed by atoms with Gasteiger partial charge in [-0.3, -0.25) is 0 Å². The van der Waals surface area contributed by atoms with E-state index in [1.165, 1.54) is 12.1 Å². The largest absolute Gasteiger partial charge is 0.334 e. The van der Waals surface area contributed by atoms with Gasteiger partial charge in [0.25, 0.3) is 5.89 Å². The van der Waals surface area contributed by atoms with E-state index in [2.05, 4.69) is 15.5 Å². The smallest absolute Gasteiger partial charge is 0.257 e. The summed E-state index contributed by atoms with van der Waals surface area (Å²) in [5.74, 6) is 0.977. The third kappa shape index (κ3) is 2.62. The van der Waals surface area contributed by atoms with Crippen LogP contribution in [-0.2, 0) is 0 Å². The average Bonchev–Trinajstić information content (AvgIpc) is 2.93. The van der Waals surface area contributed by atoms with Gasteiger partial charge in [0.2, 0.25) is 0 Å². The monoisotopic (exact) mass is 281 g/mol. The van der Waals surface area contributed by atoms with Gasteiger partial charge in [0.15, 0.2) is 5.82 Å². The number of piperidine rings is 1. The van der Waals surface area contributed by atoms with E-state index in [1.807, 2.05) is 0 Å². The van der Waals surface area contributed by atoms with Gasteiger partial charge in [-0.1, -0.05) is 16.8 Å². The van der Waals surface area contributed by atoms with Crippen LogP contribution in [0.5, 0.6) is 0 Å². The molecule has 1 fully saturated rings. The van der Waals surface area contributed by atoms with E-state index >= 15 is 0 Å². The third-order valence-electron chi connectivity index (χ3n) is 3.31. The lowest BCUT2D eigenvalue weighted by atomic mass is 9.98. The van der Waals surface area contributed by atoms with Crippen molar-refractivity contribution >= 4 is 11.6 Å².